The van der Waals surface area contributed by atoms with Crippen LogP contribution in [0.4, 0.5) is 29.5 Å². The lowest BCUT2D eigenvalue weighted by Gasteiger charge is -2.56. The quantitative estimate of drug-likeness (QED) is 0.344. The predicted octanol–water partition coefficient (Wildman–Crippen LogP) is 4.52. The topological polar surface area (TPSA) is 102 Å². The standard InChI is InChI=1S/C29H35F3N6O5/c1-6-42-25(39)17-35(14-18-7-9-21(41-5)10-8-18)22-12-24(34-38-23(29(30,31)32)13-33-26(22)38)36-15-19-11-20(16-36)37(19)27(40)43-28(2,3)4/h7-10,12-13,19-20H,6,11,14-17H2,1-5H3. The molecule has 232 valence electrons. The van der Waals surface area contributed by atoms with E-state index in [0.717, 1.165) is 22.7 Å². The number of piperidine rings is 1. The molecule has 0 spiro atoms. The summed E-state index contributed by atoms with van der Waals surface area (Å²) in [6, 6.07) is 8.45. The van der Waals surface area contributed by atoms with Crippen molar-refractivity contribution < 1.29 is 37.0 Å². The largest absolute Gasteiger partial charge is 0.497 e. The van der Waals surface area contributed by atoms with Gasteiger partial charge in [0.15, 0.2) is 17.2 Å². The predicted molar refractivity (Wildman–Crippen MR) is 151 cm³/mol. The summed E-state index contributed by atoms with van der Waals surface area (Å²) >= 11 is 0. The van der Waals surface area contributed by atoms with Crippen molar-refractivity contribution in [1.29, 1.82) is 0 Å². The third kappa shape index (κ3) is 6.42. The van der Waals surface area contributed by atoms with Crippen LogP contribution in [0.3, 0.4) is 0 Å². The van der Waals surface area contributed by atoms with Crippen molar-refractivity contribution in [3.63, 3.8) is 0 Å². The number of imidazole rings is 1. The average Bonchev–Trinajstić information content (AvgIpc) is 3.36. The number of halogens is 3. The molecule has 3 fully saturated rings. The molecule has 2 unspecified atom stereocenters. The van der Waals surface area contributed by atoms with Crippen LogP contribution in [0.1, 0.15) is 45.4 Å². The summed E-state index contributed by atoms with van der Waals surface area (Å²) in [5.41, 5.74) is -0.664. The van der Waals surface area contributed by atoms with Crippen molar-refractivity contribution in [1.82, 2.24) is 19.5 Å². The van der Waals surface area contributed by atoms with Gasteiger partial charge >= 0.3 is 18.2 Å². The molecular formula is C29H35F3N6O5. The molecule has 1 amide bonds. The van der Waals surface area contributed by atoms with Crippen molar-refractivity contribution in [2.75, 3.05) is 43.2 Å². The third-order valence-electron chi connectivity index (χ3n) is 7.35. The molecular weight excluding hydrogens is 569 g/mol. The Morgan fingerprint density at radius 2 is 1.77 bits per heavy atom. The van der Waals surface area contributed by atoms with Crippen LogP contribution in [-0.4, -0.2) is 82.6 Å². The Kier molecular flexibility index (Phi) is 8.05. The van der Waals surface area contributed by atoms with Crippen LogP contribution in [0.2, 0.25) is 0 Å². The maximum Gasteiger partial charge on any atom is 0.435 e. The number of carbonyl (C=O) groups excluding carboxylic acids is 2. The van der Waals surface area contributed by atoms with Gasteiger partial charge in [-0.25, -0.2) is 14.3 Å². The van der Waals surface area contributed by atoms with E-state index in [-0.39, 0.29) is 48.9 Å². The van der Waals surface area contributed by atoms with Gasteiger partial charge in [-0.3, -0.25) is 9.69 Å². The van der Waals surface area contributed by atoms with E-state index in [4.69, 9.17) is 14.2 Å². The molecule has 3 saturated heterocycles. The summed E-state index contributed by atoms with van der Waals surface area (Å²) < 4.78 is 58.9. The molecule has 0 N–H and O–H groups in total. The molecule has 2 bridgehead atoms. The number of aromatic nitrogens is 3. The number of hydrogen-bond donors (Lipinski definition) is 0. The van der Waals surface area contributed by atoms with Crippen molar-refractivity contribution in [2.45, 2.75) is 64.5 Å². The number of esters is 1. The number of hydrogen-bond acceptors (Lipinski definition) is 9. The van der Waals surface area contributed by atoms with E-state index < -0.39 is 29.5 Å². The number of alkyl halides is 3. The minimum Gasteiger partial charge on any atom is -0.497 e. The molecule has 2 atom stereocenters. The number of ether oxygens (including phenoxy) is 3. The van der Waals surface area contributed by atoms with E-state index >= 15 is 0 Å². The molecule has 43 heavy (non-hydrogen) atoms. The molecule has 1 aromatic carbocycles. The van der Waals surface area contributed by atoms with Crippen molar-refractivity contribution in [2.24, 2.45) is 0 Å². The normalized spacial score (nSPS) is 18.3. The van der Waals surface area contributed by atoms with E-state index in [1.165, 1.54) is 0 Å². The Morgan fingerprint density at radius 1 is 1.09 bits per heavy atom. The molecule has 0 radical (unpaired) electrons. The lowest BCUT2D eigenvalue weighted by atomic mass is 9.88. The van der Waals surface area contributed by atoms with Crippen LogP contribution in [0, 0.1) is 0 Å². The summed E-state index contributed by atoms with van der Waals surface area (Å²) in [4.78, 5) is 34.7. The summed E-state index contributed by atoms with van der Waals surface area (Å²) in [7, 11) is 1.55. The highest BCUT2D eigenvalue weighted by atomic mass is 19.4. The van der Waals surface area contributed by atoms with Gasteiger partial charge in [0.1, 0.15) is 17.9 Å². The Morgan fingerprint density at radius 3 is 2.35 bits per heavy atom. The number of fused-ring (bicyclic) bond motifs is 3. The van der Waals surface area contributed by atoms with Gasteiger partial charge in [0.25, 0.3) is 0 Å². The number of amides is 1. The zero-order valence-electron chi connectivity index (χ0n) is 24.7. The zero-order chi connectivity index (χ0) is 31.1. The summed E-state index contributed by atoms with van der Waals surface area (Å²) in [6.07, 6.45) is -3.63. The molecule has 3 aromatic rings. The fourth-order valence-corrected chi connectivity index (χ4v) is 5.47. The number of anilines is 2. The van der Waals surface area contributed by atoms with Crippen LogP contribution >= 0.6 is 0 Å². The Bertz CT molecular complexity index is 1470. The second-order valence-electron chi connectivity index (χ2n) is 11.6. The molecule has 0 saturated carbocycles. The van der Waals surface area contributed by atoms with Crippen molar-refractivity contribution >= 4 is 29.2 Å². The van der Waals surface area contributed by atoms with Crippen molar-refractivity contribution in [3.05, 3.63) is 47.8 Å². The summed E-state index contributed by atoms with van der Waals surface area (Å²) in [5, 5.41) is 4.36. The van der Waals surface area contributed by atoms with E-state index in [1.807, 2.05) is 17.0 Å². The first kappa shape index (κ1) is 30.2. The minimum atomic E-state index is -4.72. The van der Waals surface area contributed by atoms with Gasteiger partial charge in [-0.1, -0.05) is 12.1 Å². The van der Waals surface area contributed by atoms with E-state index in [2.05, 4.69) is 10.1 Å². The lowest BCUT2D eigenvalue weighted by molar-refractivity contribution is -0.143. The minimum absolute atomic E-state index is 0.0496. The first-order valence-corrected chi connectivity index (χ1v) is 14.0. The monoisotopic (exact) mass is 604 g/mol. The molecule has 0 aliphatic carbocycles. The van der Waals surface area contributed by atoms with E-state index in [0.29, 0.717) is 18.8 Å². The van der Waals surface area contributed by atoms with E-state index in [1.54, 1.807) is 62.8 Å². The van der Waals surface area contributed by atoms with Crippen LogP contribution < -0.4 is 14.5 Å². The fourth-order valence-electron chi connectivity index (χ4n) is 5.47. The van der Waals surface area contributed by atoms with Crippen LogP contribution in [0.15, 0.2) is 36.5 Å². The molecule has 3 aliphatic rings. The SMILES string of the molecule is CCOC(=O)CN(Cc1ccc(OC)cc1)c1cc(N2CC3CC(C2)N3C(=O)OC(C)(C)C)nn2c(C(F)(F)F)cnc12. The number of piperazine rings is 1. The summed E-state index contributed by atoms with van der Waals surface area (Å²) in [5.74, 6) is 0.372. The summed E-state index contributed by atoms with van der Waals surface area (Å²) in [6.45, 7) is 7.89. The fraction of sp³-hybridized carbons (Fsp3) is 0.517. The van der Waals surface area contributed by atoms with Crippen LogP contribution in [-0.2, 0) is 27.0 Å². The number of benzene rings is 1. The van der Waals surface area contributed by atoms with Gasteiger partial charge in [-0.05, 0) is 51.8 Å². The molecule has 3 aliphatic heterocycles. The van der Waals surface area contributed by atoms with Gasteiger partial charge in [0.2, 0.25) is 0 Å². The number of methoxy groups -OCH3 is 1. The highest BCUT2D eigenvalue weighted by molar-refractivity contribution is 5.81. The Balaban J connectivity index is 1.53. The second-order valence-corrected chi connectivity index (χ2v) is 11.6. The van der Waals surface area contributed by atoms with Crippen LogP contribution in [0.25, 0.3) is 5.65 Å². The molecule has 5 heterocycles. The maximum atomic E-state index is 14.1. The third-order valence-corrected chi connectivity index (χ3v) is 7.35. The highest BCUT2D eigenvalue weighted by Gasteiger charge is 2.49. The van der Waals surface area contributed by atoms with Crippen molar-refractivity contribution in [3.8, 4) is 5.75 Å². The lowest BCUT2D eigenvalue weighted by Crippen LogP contribution is -2.70. The van der Waals surface area contributed by atoms with Gasteiger partial charge in [-0.15, -0.1) is 5.10 Å². The Hall–Kier alpha value is -4.23. The number of carbonyl (C=O) groups is 2. The molecule has 2 aromatic heterocycles. The van der Waals surface area contributed by atoms with Gasteiger partial charge < -0.3 is 24.0 Å². The number of nitrogens with zero attached hydrogens (tertiary/aromatic N) is 6. The molecule has 11 nitrogen and oxygen atoms in total. The van der Waals surface area contributed by atoms with E-state index in [9.17, 15) is 22.8 Å². The molecule has 14 heteroatoms. The second kappa shape index (κ2) is 11.5. The zero-order valence-corrected chi connectivity index (χ0v) is 24.7. The molecule has 6 rings (SSSR count). The smallest absolute Gasteiger partial charge is 0.435 e. The van der Waals surface area contributed by atoms with Gasteiger partial charge in [0, 0.05) is 25.7 Å². The first-order valence-electron chi connectivity index (χ1n) is 14.0. The van der Waals surface area contributed by atoms with Gasteiger partial charge in [-0.2, -0.15) is 13.2 Å². The first-order chi connectivity index (χ1) is 20.3. The Labute approximate surface area is 247 Å². The highest BCUT2D eigenvalue weighted by Crippen LogP contribution is 2.38. The average molecular weight is 605 g/mol. The van der Waals surface area contributed by atoms with Crippen LogP contribution in [0.5, 0.6) is 5.75 Å². The number of rotatable bonds is 8. The van der Waals surface area contributed by atoms with Gasteiger partial charge in [0.05, 0.1) is 37.7 Å². The maximum absolute atomic E-state index is 14.1.